The van der Waals surface area contributed by atoms with Crippen LogP contribution in [0, 0.1) is 11.8 Å². The van der Waals surface area contributed by atoms with Gasteiger partial charge in [-0.3, -0.25) is 14.5 Å². The van der Waals surface area contributed by atoms with Gasteiger partial charge < -0.3 is 5.11 Å². The van der Waals surface area contributed by atoms with Crippen molar-refractivity contribution in [2.45, 2.75) is 19.3 Å². The molecule has 2 fully saturated rings. The summed E-state index contributed by atoms with van der Waals surface area (Å²) in [5.41, 5.74) is 0. The Kier molecular flexibility index (Phi) is 2.07. The van der Waals surface area contributed by atoms with E-state index in [-0.39, 0.29) is 36.8 Å². The molecule has 2 amide bonds. The first-order valence-electron chi connectivity index (χ1n) is 4.72. The van der Waals surface area contributed by atoms with Crippen molar-refractivity contribution in [3.63, 3.8) is 0 Å². The minimum absolute atomic E-state index is 0.0680. The quantitative estimate of drug-likeness (QED) is 0.601. The van der Waals surface area contributed by atoms with Gasteiger partial charge in [-0.1, -0.05) is 6.42 Å². The molecule has 1 aliphatic carbocycles. The average Bonchev–Trinajstić information content (AvgIpc) is 2.66. The van der Waals surface area contributed by atoms with E-state index in [0.29, 0.717) is 0 Å². The predicted molar refractivity (Wildman–Crippen MR) is 44.6 cm³/mol. The first-order chi connectivity index (χ1) is 6.25. The zero-order valence-corrected chi connectivity index (χ0v) is 7.40. The van der Waals surface area contributed by atoms with Gasteiger partial charge in [0.2, 0.25) is 11.8 Å². The molecule has 1 saturated carbocycles. The van der Waals surface area contributed by atoms with Crippen LogP contribution < -0.4 is 0 Å². The largest absolute Gasteiger partial charge is 0.395 e. The lowest BCUT2D eigenvalue weighted by Gasteiger charge is -2.13. The van der Waals surface area contributed by atoms with Gasteiger partial charge in [-0.25, -0.2) is 0 Å². The normalized spacial score (nSPS) is 32.8. The number of aliphatic hydroxyl groups excluding tert-OH is 1. The maximum atomic E-state index is 11.6. The minimum Gasteiger partial charge on any atom is -0.395 e. The molecule has 4 nitrogen and oxygen atoms in total. The molecule has 4 heteroatoms. The predicted octanol–water partition coefficient (Wildman–Crippen LogP) is -0.236. The standard InChI is InChI=1S/C9H13NO3/c11-5-4-10-8(12)6-2-1-3-7(6)9(10)13/h6-7,11H,1-5H2/t6-,7+. The third kappa shape index (κ3) is 1.16. The highest BCUT2D eigenvalue weighted by molar-refractivity contribution is 6.05. The van der Waals surface area contributed by atoms with Gasteiger partial charge in [-0.15, -0.1) is 0 Å². The van der Waals surface area contributed by atoms with Crippen LogP contribution in [-0.4, -0.2) is 35.0 Å². The molecule has 72 valence electrons. The molecule has 0 bridgehead atoms. The van der Waals surface area contributed by atoms with Crippen LogP contribution in [0.2, 0.25) is 0 Å². The Morgan fingerprint density at radius 3 is 2.23 bits per heavy atom. The highest BCUT2D eigenvalue weighted by atomic mass is 16.3. The van der Waals surface area contributed by atoms with Crippen LogP contribution in [-0.2, 0) is 9.59 Å². The van der Waals surface area contributed by atoms with Gasteiger partial charge in [-0.2, -0.15) is 0 Å². The lowest BCUT2D eigenvalue weighted by molar-refractivity contribution is -0.140. The molecule has 0 aromatic heterocycles. The molecule has 2 rings (SSSR count). The van der Waals surface area contributed by atoms with Gasteiger partial charge in [0.25, 0.3) is 0 Å². The van der Waals surface area contributed by atoms with E-state index in [0.717, 1.165) is 19.3 Å². The smallest absolute Gasteiger partial charge is 0.233 e. The van der Waals surface area contributed by atoms with E-state index < -0.39 is 0 Å². The molecule has 0 unspecified atom stereocenters. The summed E-state index contributed by atoms with van der Waals surface area (Å²) in [4.78, 5) is 24.4. The Morgan fingerprint density at radius 1 is 1.23 bits per heavy atom. The number of imide groups is 1. The first-order valence-corrected chi connectivity index (χ1v) is 4.72. The Morgan fingerprint density at radius 2 is 1.77 bits per heavy atom. The molecule has 1 heterocycles. The van der Waals surface area contributed by atoms with Crippen molar-refractivity contribution in [3.05, 3.63) is 0 Å². The number of nitrogens with zero attached hydrogens (tertiary/aromatic N) is 1. The van der Waals surface area contributed by atoms with Gasteiger partial charge >= 0.3 is 0 Å². The van der Waals surface area contributed by atoms with Crippen LogP contribution in [0.25, 0.3) is 0 Å². The van der Waals surface area contributed by atoms with Crippen molar-refractivity contribution in [1.82, 2.24) is 4.90 Å². The Hall–Kier alpha value is -0.900. The second kappa shape index (κ2) is 3.10. The first kappa shape index (κ1) is 8.69. The van der Waals surface area contributed by atoms with Gasteiger partial charge in [0, 0.05) is 0 Å². The maximum absolute atomic E-state index is 11.6. The molecule has 0 aromatic carbocycles. The summed E-state index contributed by atoms with van der Waals surface area (Å²) in [5, 5.41) is 8.68. The fraction of sp³-hybridized carbons (Fsp3) is 0.778. The van der Waals surface area contributed by atoms with Crippen LogP contribution in [0.4, 0.5) is 0 Å². The number of fused-ring (bicyclic) bond motifs is 1. The molecule has 0 spiro atoms. The van der Waals surface area contributed by atoms with E-state index in [1.807, 2.05) is 0 Å². The van der Waals surface area contributed by atoms with Gasteiger partial charge in [-0.05, 0) is 12.8 Å². The average molecular weight is 183 g/mol. The van der Waals surface area contributed by atoms with Crippen LogP contribution in [0.5, 0.6) is 0 Å². The molecule has 1 saturated heterocycles. The highest BCUT2D eigenvalue weighted by Crippen LogP contribution is 2.39. The van der Waals surface area contributed by atoms with Crippen molar-refractivity contribution in [2.75, 3.05) is 13.2 Å². The fourth-order valence-corrected chi connectivity index (χ4v) is 2.38. The summed E-state index contributed by atoms with van der Waals surface area (Å²) in [6, 6.07) is 0. The number of likely N-dealkylation sites (tertiary alicyclic amines) is 1. The number of β-amino-alcohol motifs (C(OH)–C–C–N with tert-alkyl or cyclic N) is 1. The molecular formula is C9H13NO3. The summed E-state index contributed by atoms with van der Waals surface area (Å²) in [5.74, 6) is -0.277. The van der Waals surface area contributed by atoms with Crippen molar-refractivity contribution in [3.8, 4) is 0 Å². The number of hydrogen-bond acceptors (Lipinski definition) is 3. The SMILES string of the molecule is O=C1[C@H]2CCC[C@H]2C(=O)N1CCO. The molecule has 13 heavy (non-hydrogen) atoms. The Bertz CT molecular complexity index is 229. The van der Waals surface area contributed by atoms with E-state index >= 15 is 0 Å². The molecule has 2 atom stereocenters. The topological polar surface area (TPSA) is 57.6 Å². The summed E-state index contributed by atoms with van der Waals surface area (Å²) >= 11 is 0. The van der Waals surface area contributed by atoms with Crippen LogP contribution >= 0.6 is 0 Å². The van der Waals surface area contributed by atoms with Gasteiger partial charge in [0.05, 0.1) is 25.0 Å². The van der Waals surface area contributed by atoms with E-state index in [1.54, 1.807) is 0 Å². The number of hydrogen-bond donors (Lipinski definition) is 1. The van der Waals surface area contributed by atoms with Crippen LogP contribution in [0.15, 0.2) is 0 Å². The number of carbonyl (C=O) groups is 2. The van der Waals surface area contributed by atoms with Gasteiger partial charge in [0.15, 0.2) is 0 Å². The number of rotatable bonds is 2. The van der Waals surface area contributed by atoms with Gasteiger partial charge in [0.1, 0.15) is 0 Å². The third-order valence-corrected chi connectivity index (χ3v) is 3.01. The van der Waals surface area contributed by atoms with Crippen molar-refractivity contribution < 1.29 is 14.7 Å². The molecule has 0 aromatic rings. The number of aliphatic hydroxyl groups is 1. The maximum Gasteiger partial charge on any atom is 0.233 e. The van der Waals surface area contributed by atoms with Crippen molar-refractivity contribution in [2.24, 2.45) is 11.8 Å². The molecule has 0 radical (unpaired) electrons. The lowest BCUT2D eigenvalue weighted by atomic mass is 10.00. The monoisotopic (exact) mass is 183 g/mol. The molecule has 2 aliphatic rings. The Labute approximate surface area is 76.5 Å². The summed E-state index contributed by atoms with van der Waals surface area (Å²) < 4.78 is 0. The van der Waals surface area contributed by atoms with Crippen LogP contribution in [0.1, 0.15) is 19.3 Å². The second-order valence-corrected chi connectivity index (χ2v) is 3.70. The summed E-state index contributed by atoms with van der Waals surface area (Å²) in [6.45, 7) is 0.0432. The zero-order valence-electron chi connectivity index (χ0n) is 7.40. The van der Waals surface area contributed by atoms with Crippen molar-refractivity contribution in [1.29, 1.82) is 0 Å². The van der Waals surface area contributed by atoms with E-state index in [1.165, 1.54) is 4.90 Å². The summed E-state index contributed by atoms with van der Waals surface area (Å²) in [6.07, 6.45) is 2.67. The van der Waals surface area contributed by atoms with E-state index in [4.69, 9.17) is 5.11 Å². The fourth-order valence-electron chi connectivity index (χ4n) is 2.38. The summed E-state index contributed by atoms with van der Waals surface area (Å²) in [7, 11) is 0. The second-order valence-electron chi connectivity index (χ2n) is 3.70. The minimum atomic E-state index is -0.128. The van der Waals surface area contributed by atoms with E-state index in [2.05, 4.69) is 0 Å². The van der Waals surface area contributed by atoms with Crippen molar-refractivity contribution >= 4 is 11.8 Å². The molecule has 1 N–H and O–H groups in total. The lowest BCUT2D eigenvalue weighted by Crippen LogP contribution is -2.34. The van der Waals surface area contributed by atoms with E-state index in [9.17, 15) is 9.59 Å². The Balaban J connectivity index is 2.16. The molecule has 1 aliphatic heterocycles. The van der Waals surface area contributed by atoms with Crippen LogP contribution in [0.3, 0.4) is 0 Å². The zero-order chi connectivity index (χ0) is 9.42. The highest BCUT2D eigenvalue weighted by Gasteiger charge is 2.49. The molecular weight excluding hydrogens is 170 g/mol. The number of carbonyl (C=O) groups excluding carboxylic acids is 2. The third-order valence-electron chi connectivity index (χ3n) is 3.01. The number of amides is 2.